The van der Waals surface area contributed by atoms with Crippen molar-refractivity contribution >= 4 is 5.91 Å². The number of amides is 1. The van der Waals surface area contributed by atoms with Gasteiger partial charge in [0.1, 0.15) is 0 Å². The molecular formula is C7H12N4O. The largest absolute Gasteiger partial charge is 0.340 e. The van der Waals surface area contributed by atoms with Crippen LogP contribution in [0, 0.1) is 0 Å². The maximum absolute atomic E-state index is 11.4. The summed E-state index contributed by atoms with van der Waals surface area (Å²) in [5.41, 5.74) is 0.367. The van der Waals surface area contributed by atoms with Crippen LogP contribution in [0.5, 0.6) is 0 Å². The highest BCUT2D eigenvalue weighted by Gasteiger charge is 2.12. The first-order chi connectivity index (χ1) is 5.75. The lowest BCUT2D eigenvalue weighted by Gasteiger charge is -2.13. The Kier molecular flexibility index (Phi) is 2.79. The highest BCUT2D eigenvalue weighted by atomic mass is 16.2. The van der Waals surface area contributed by atoms with Crippen LogP contribution in [0.25, 0.3) is 0 Å². The molecular weight excluding hydrogens is 156 g/mol. The zero-order valence-corrected chi connectivity index (χ0v) is 7.24. The lowest BCUT2D eigenvalue weighted by atomic mass is 10.3. The van der Waals surface area contributed by atoms with Gasteiger partial charge in [0.2, 0.25) is 0 Å². The van der Waals surface area contributed by atoms with E-state index in [4.69, 9.17) is 0 Å². The SMILES string of the molecule is CCCN(C)C(=O)c1cn[nH]n1. The number of nitrogens with zero attached hydrogens (tertiary/aromatic N) is 3. The van der Waals surface area contributed by atoms with Gasteiger partial charge in [0.05, 0.1) is 6.20 Å². The van der Waals surface area contributed by atoms with E-state index in [0.717, 1.165) is 13.0 Å². The first kappa shape index (κ1) is 8.70. The van der Waals surface area contributed by atoms with Crippen molar-refractivity contribution in [2.75, 3.05) is 13.6 Å². The molecule has 0 unspecified atom stereocenters. The second-order valence-corrected chi connectivity index (χ2v) is 2.58. The predicted octanol–water partition coefficient (Wildman–Crippen LogP) is 0.287. The summed E-state index contributed by atoms with van der Waals surface area (Å²) in [5, 5.41) is 9.65. The highest BCUT2D eigenvalue weighted by molar-refractivity contribution is 5.91. The number of carbonyl (C=O) groups excluding carboxylic acids is 1. The summed E-state index contributed by atoms with van der Waals surface area (Å²) in [5.74, 6) is -0.0920. The number of H-pyrrole nitrogens is 1. The van der Waals surface area contributed by atoms with E-state index in [1.54, 1.807) is 11.9 Å². The summed E-state index contributed by atoms with van der Waals surface area (Å²) in [4.78, 5) is 13.0. The van der Waals surface area contributed by atoms with Gasteiger partial charge in [-0.15, -0.1) is 0 Å². The Morgan fingerprint density at radius 3 is 3.00 bits per heavy atom. The number of aromatic amines is 1. The fraction of sp³-hybridized carbons (Fsp3) is 0.571. The molecule has 5 nitrogen and oxygen atoms in total. The van der Waals surface area contributed by atoms with Gasteiger partial charge in [-0.05, 0) is 6.42 Å². The molecule has 0 aliphatic carbocycles. The summed E-state index contributed by atoms with van der Waals surface area (Å²) >= 11 is 0. The van der Waals surface area contributed by atoms with Crippen LogP contribution in [-0.2, 0) is 0 Å². The van der Waals surface area contributed by atoms with Gasteiger partial charge in [-0.3, -0.25) is 4.79 Å². The van der Waals surface area contributed by atoms with Gasteiger partial charge in [-0.1, -0.05) is 6.92 Å². The van der Waals surface area contributed by atoms with Crippen LogP contribution in [0.1, 0.15) is 23.8 Å². The van der Waals surface area contributed by atoms with Crippen molar-refractivity contribution in [3.05, 3.63) is 11.9 Å². The van der Waals surface area contributed by atoms with Gasteiger partial charge >= 0.3 is 0 Å². The molecule has 0 atom stereocenters. The minimum atomic E-state index is -0.0920. The van der Waals surface area contributed by atoms with Crippen molar-refractivity contribution in [1.82, 2.24) is 20.3 Å². The molecule has 1 rings (SSSR count). The molecule has 1 aromatic heterocycles. The summed E-state index contributed by atoms with van der Waals surface area (Å²) < 4.78 is 0. The van der Waals surface area contributed by atoms with Crippen LogP contribution in [0.15, 0.2) is 6.20 Å². The minimum absolute atomic E-state index is 0.0920. The predicted molar refractivity (Wildman–Crippen MR) is 43.6 cm³/mol. The Morgan fingerprint density at radius 1 is 1.75 bits per heavy atom. The summed E-state index contributed by atoms with van der Waals surface area (Å²) in [7, 11) is 1.75. The standard InChI is InChI=1S/C7H12N4O/c1-3-4-11(2)7(12)6-5-8-10-9-6/h5H,3-4H2,1-2H3,(H,8,9,10). The molecule has 0 saturated heterocycles. The van der Waals surface area contributed by atoms with Crippen LogP contribution in [0.2, 0.25) is 0 Å². The van der Waals surface area contributed by atoms with Gasteiger partial charge in [-0.2, -0.15) is 15.4 Å². The van der Waals surface area contributed by atoms with Gasteiger partial charge in [-0.25, -0.2) is 0 Å². The van der Waals surface area contributed by atoms with Crippen molar-refractivity contribution in [2.45, 2.75) is 13.3 Å². The average molecular weight is 168 g/mol. The van der Waals surface area contributed by atoms with E-state index >= 15 is 0 Å². The fourth-order valence-electron chi connectivity index (χ4n) is 0.937. The Morgan fingerprint density at radius 2 is 2.50 bits per heavy atom. The van der Waals surface area contributed by atoms with E-state index < -0.39 is 0 Å². The fourth-order valence-corrected chi connectivity index (χ4v) is 0.937. The monoisotopic (exact) mass is 168 g/mol. The number of rotatable bonds is 3. The number of nitrogens with one attached hydrogen (secondary N) is 1. The molecule has 0 spiro atoms. The molecule has 0 saturated carbocycles. The minimum Gasteiger partial charge on any atom is -0.340 e. The van der Waals surface area contributed by atoms with Crippen LogP contribution in [-0.4, -0.2) is 39.8 Å². The molecule has 0 bridgehead atoms. The molecule has 0 aliphatic rings. The van der Waals surface area contributed by atoms with Crippen LogP contribution < -0.4 is 0 Å². The van der Waals surface area contributed by atoms with Crippen LogP contribution in [0.4, 0.5) is 0 Å². The van der Waals surface area contributed by atoms with E-state index in [1.165, 1.54) is 6.20 Å². The summed E-state index contributed by atoms with van der Waals surface area (Å²) in [6.07, 6.45) is 2.37. The molecule has 0 aromatic carbocycles. The quantitative estimate of drug-likeness (QED) is 0.705. The zero-order valence-electron chi connectivity index (χ0n) is 7.24. The Hall–Kier alpha value is -1.39. The van der Waals surface area contributed by atoms with Crippen LogP contribution in [0.3, 0.4) is 0 Å². The molecule has 1 amide bonds. The first-order valence-corrected chi connectivity index (χ1v) is 3.87. The molecule has 5 heteroatoms. The number of carbonyl (C=O) groups is 1. The first-order valence-electron chi connectivity index (χ1n) is 3.87. The third-order valence-corrected chi connectivity index (χ3v) is 1.54. The topological polar surface area (TPSA) is 61.9 Å². The van der Waals surface area contributed by atoms with E-state index in [0.29, 0.717) is 5.69 Å². The number of hydrogen-bond donors (Lipinski definition) is 1. The maximum atomic E-state index is 11.4. The smallest absolute Gasteiger partial charge is 0.275 e. The second kappa shape index (κ2) is 3.85. The van der Waals surface area contributed by atoms with Gasteiger partial charge in [0.15, 0.2) is 5.69 Å². The molecule has 66 valence electrons. The van der Waals surface area contributed by atoms with Crippen molar-refractivity contribution in [3.8, 4) is 0 Å². The lowest BCUT2D eigenvalue weighted by molar-refractivity contribution is 0.0789. The lowest BCUT2D eigenvalue weighted by Crippen LogP contribution is -2.27. The van der Waals surface area contributed by atoms with Gasteiger partial charge in [0, 0.05) is 13.6 Å². The zero-order chi connectivity index (χ0) is 8.97. The van der Waals surface area contributed by atoms with Crippen molar-refractivity contribution in [3.63, 3.8) is 0 Å². The van der Waals surface area contributed by atoms with Crippen molar-refractivity contribution < 1.29 is 4.79 Å². The van der Waals surface area contributed by atoms with E-state index in [2.05, 4.69) is 15.4 Å². The van der Waals surface area contributed by atoms with E-state index in [1.807, 2.05) is 6.92 Å². The number of hydrogen-bond acceptors (Lipinski definition) is 3. The summed E-state index contributed by atoms with van der Waals surface area (Å²) in [6, 6.07) is 0. The summed E-state index contributed by atoms with van der Waals surface area (Å²) in [6.45, 7) is 2.76. The molecule has 12 heavy (non-hydrogen) atoms. The normalized spacial score (nSPS) is 9.83. The van der Waals surface area contributed by atoms with Gasteiger partial charge < -0.3 is 4.90 Å². The molecule has 0 aliphatic heterocycles. The average Bonchev–Trinajstić information content (AvgIpc) is 2.55. The Balaban J connectivity index is 2.59. The third kappa shape index (κ3) is 1.81. The number of aromatic nitrogens is 3. The van der Waals surface area contributed by atoms with Crippen molar-refractivity contribution in [1.29, 1.82) is 0 Å². The molecule has 0 fully saturated rings. The van der Waals surface area contributed by atoms with Gasteiger partial charge in [0.25, 0.3) is 5.91 Å². The molecule has 1 aromatic rings. The maximum Gasteiger partial charge on any atom is 0.275 e. The highest BCUT2D eigenvalue weighted by Crippen LogP contribution is 1.96. The molecule has 1 N–H and O–H groups in total. The molecule has 0 radical (unpaired) electrons. The molecule has 1 heterocycles. The van der Waals surface area contributed by atoms with E-state index in [9.17, 15) is 4.79 Å². The second-order valence-electron chi connectivity index (χ2n) is 2.58. The van der Waals surface area contributed by atoms with Crippen LogP contribution >= 0.6 is 0 Å². The van der Waals surface area contributed by atoms with E-state index in [-0.39, 0.29) is 5.91 Å². The van der Waals surface area contributed by atoms with Crippen molar-refractivity contribution in [2.24, 2.45) is 0 Å². The third-order valence-electron chi connectivity index (χ3n) is 1.54. The Labute approximate surface area is 70.8 Å². The Bertz CT molecular complexity index is 244.